The Morgan fingerprint density at radius 1 is 1.11 bits per heavy atom. The molecule has 0 saturated carbocycles. The van der Waals surface area contributed by atoms with Gasteiger partial charge >= 0.3 is 0 Å². The van der Waals surface area contributed by atoms with Gasteiger partial charge in [0, 0.05) is 0 Å². The van der Waals surface area contributed by atoms with Gasteiger partial charge in [-0.05, 0) is 67.0 Å². The quantitative estimate of drug-likeness (QED) is 0.675. The van der Waals surface area contributed by atoms with Crippen molar-refractivity contribution in [2.45, 2.75) is 27.7 Å². The molecule has 1 nitrogen and oxygen atoms in total. The largest absolute Gasteiger partial charge is 0.405 e. The summed E-state index contributed by atoms with van der Waals surface area (Å²) in [5.41, 5.74) is 7.71. The summed E-state index contributed by atoms with van der Waals surface area (Å²) < 4.78 is 0. The number of nitrogens with two attached hydrogens (primary N) is 1. The standard InChI is InChI=1S/C16H23NS/c1-6-7-10-16(14(4)9-8-11-17)12-15(5)18-13(2)3/h6-12H,2,17H2,1,3-5H3/b7-6+,11-8-,14-9+,15-12-,16-10+. The number of hydrogen-bond donors (Lipinski definition) is 1. The van der Waals surface area contributed by atoms with E-state index in [9.17, 15) is 0 Å². The Balaban J connectivity index is 5.19. The second kappa shape index (κ2) is 9.60. The molecule has 2 N–H and O–H groups in total. The monoisotopic (exact) mass is 261 g/mol. The zero-order chi connectivity index (χ0) is 14.0. The van der Waals surface area contributed by atoms with Crippen LogP contribution >= 0.6 is 11.8 Å². The molecule has 0 fully saturated rings. The van der Waals surface area contributed by atoms with E-state index >= 15 is 0 Å². The predicted octanol–water partition coefficient (Wildman–Crippen LogP) is 5.08. The minimum absolute atomic E-state index is 1.10. The summed E-state index contributed by atoms with van der Waals surface area (Å²) in [6.07, 6.45) is 13.7. The Morgan fingerprint density at radius 2 is 1.78 bits per heavy atom. The van der Waals surface area contributed by atoms with Crippen molar-refractivity contribution in [3.05, 3.63) is 70.2 Å². The summed E-state index contributed by atoms with van der Waals surface area (Å²) in [5.74, 6) is 0. The van der Waals surface area contributed by atoms with Gasteiger partial charge in [-0.2, -0.15) is 0 Å². The molecule has 0 aliphatic carbocycles. The van der Waals surface area contributed by atoms with Crippen molar-refractivity contribution in [3.63, 3.8) is 0 Å². The average molecular weight is 261 g/mol. The molecule has 0 amide bonds. The molecule has 0 spiro atoms. The molecule has 0 aromatic rings. The van der Waals surface area contributed by atoms with E-state index in [2.05, 4.69) is 32.6 Å². The molecule has 0 aromatic heterocycles. The lowest BCUT2D eigenvalue weighted by Gasteiger charge is -2.05. The smallest absolute Gasteiger partial charge is 0.00623 e. The van der Waals surface area contributed by atoms with E-state index in [0.29, 0.717) is 0 Å². The van der Waals surface area contributed by atoms with Gasteiger partial charge < -0.3 is 5.73 Å². The van der Waals surface area contributed by atoms with E-state index in [0.717, 1.165) is 4.91 Å². The molecule has 0 aliphatic heterocycles. The summed E-state index contributed by atoms with van der Waals surface area (Å²) in [6, 6.07) is 0. The molecular weight excluding hydrogens is 238 g/mol. The van der Waals surface area contributed by atoms with Gasteiger partial charge in [0.15, 0.2) is 0 Å². The number of rotatable bonds is 6. The Labute approximate surface area is 116 Å². The van der Waals surface area contributed by atoms with E-state index in [1.807, 2.05) is 38.2 Å². The molecule has 0 heterocycles. The Hall–Kier alpha value is -1.41. The van der Waals surface area contributed by atoms with Crippen LogP contribution in [0.3, 0.4) is 0 Å². The van der Waals surface area contributed by atoms with Crippen molar-refractivity contribution >= 4 is 11.8 Å². The van der Waals surface area contributed by atoms with Gasteiger partial charge in [0.05, 0.1) is 0 Å². The third-order valence-electron chi connectivity index (χ3n) is 2.07. The fraction of sp³-hybridized carbons (Fsp3) is 0.250. The third kappa shape index (κ3) is 7.80. The van der Waals surface area contributed by atoms with Crippen LogP contribution in [0.5, 0.6) is 0 Å². The molecule has 0 aliphatic rings. The zero-order valence-electron chi connectivity index (χ0n) is 11.7. The normalized spacial score (nSPS) is 14.8. The molecule has 0 aromatic carbocycles. The fourth-order valence-electron chi connectivity index (χ4n) is 1.31. The van der Waals surface area contributed by atoms with Crippen molar-refractivity contribution in [3.8, 4) is 0 Å². The van der Waals surface area contributed by atoms with Gasteiger partial charge in [-0.25, -0.2) is 0 Å². The molecule has 0 rings (SSSR count). The number of hydrogen-bond acceptors (Lipinski definition) is 2. The SMILES string of the molecule is C=C(C)S\C(C)=C/C(=C\C=C\C)C(/C)=C/C=C\N. The van der Waals surface area contributed by atoms with E-state index in [1.54, 1.807) is 11.8 Å². The topological polar surface area (TPSA) is 26.0 Å². The first-order valence-corrected chi connectivity index (χ1v) is 6.73. The van der Waals surface area contributed by atoms with Crippen molar-refractivity contribution in [2.24, 2.45) is 5.73 Å². The highest BCUT2D eigenvalue weighted by atomic mass is 32.2. The van der Waals surface area contributed by atoms with Crippen LogP contribution < -0.4 is 5.73 Å². The first kappa shape index (κ1) is 16.6. The van der Waals surface area contributed by atoms with E-state index in [-0.39, 0.29) is 0 Å². The number of allylic oxidation sites excluding steroid dienone is 10. The second-order valence-electron chi connectivity index (χ2n) is 3.94. The lowest BCUT2D eigenvalue weighted by molar-refractivity contribution is 1.40. The lowest BCUT2D eigenvalue weighted by atomic mass is 10.1. The minimum atomic E-state index is 1.10. The second-order valence-corrected chi connectivity index (χ2v) is 5.49. The van der Waals surface area contributed by atoms with Crippen molar-refractivity contribution < 1.29 is 0 Å². The summed E-state index contributed by atoms with van der Waals surface area (Å²) in [7, 11) is 0. The van der Waals surface area contributed by atoms with Crippen LogP contribution in [-0.2, 0) is 0 Å². The van der Waals surface area contributed by atoms with Gasteiger partial charge in [-0.3, -0.25) is 0 Å². The molecule has 0 bridgehead atoms. The van der Waals surface area contributed by atoms with Crippen LogP contribution in [-0.4, -0.2) is 0 Å². The zero-order valence-corrected chi connectivity index (χ0v) is 12.6. The molecule has 18 heavy (non-hydrogen) atoms. The van der Waals surface area contributed by atoms with Crippen LogP contribution in [0.4, 0.5) is 0 Å². The van der Waals surface area contributed by atoms with Crippen LogP contribution in [0.25, 0.3) is 0 Å². The third-order valence-corrected chi connectivity index (χ3v) is 2.86. The molecule has 2 heteroatoms. The summed E-state index contributed by atoms with van der Waals surface area (Å²) in [5, 5.41) is 0. The first-order chi connectivity index (χ1) is 8.51. The maximum atomic E-state index is 5.35. The highest BCUT2D eigenvalue weighted by Crippen LogP contribution is 2.25. The Bertz CT molecular complexity index is 420. The molecule has 0 radical (unpaired) electrons. The molecule has 0 unspecified atom stereocenters. The fourth-order valence-corrected chi connectivity index (χ4v) is 2.05. The van der Waals surface area contributed by atoms with E-state index in [4.69, 9.17) is 5.73 Å². The first-order valence-electron chi connectivity index (χ1n) is 5.91. The summed E-state index contributed by atoms with van der Waals surface area (Å²) >= 11 is 1.69. The average Bonchev–Trinajstić information content (AvgIpc) is 2.30. The van der Waals surface area contributed by atoms with Gasteiger partial charge in [-0.1, -0.05) is 30.9 Å². The van der Waals surface area contributed by atoms with Crippen LogP contribution in [0, 0.1) is 0 Å². The summed E-state index contributed by atoms with van der Waals surface area (Å²) in [6.45, 7) is 12.1. The van der Waals surface area contributed by atoms with Gasteiger partial charge in [0.2, 0.25) is 0 Å². The molecule has 0 atom stereocenters. The van der Waals surface area contributed by atoms with Crippen molar-refractivity contribution in [1.29, 1.82) is 0 Å². The highest BCUT2D eigenvalue weighted by Gasteiger charge is 1.98. The Kier molecular flexibility index (Phi) is 8.85. The summed E-state index contributed by atoms with van der Waals surface area (Å²) in [4.78, 5) is 2.32. The van der Waals surface area contributed by atoms with Crippen LogP contribution in [0.2, 0.25) is 0 Å². The lowest BCUT2D eigenvalue weighted by Crippen LogP contribution is -1.83. The van der Waals surface area contributed by atoms with Crippen molar-refractivity contribution in [2.75, 3.05) is 0 Å². The van der Waals surface area contributed by atoms with Crippen molar-refractivity contribution in [1.82, 2.24) is 0 Å². The maximum Gasteiger partial charge on any atom is -0.00623 e. The highest BCUT2D eigenvalue weighted by molar-refractivity contribution is 8.06. The Morgan fingerprint density at radius 3 is 2.28 bits per heavy atom. The predicted molar refractivity (Wildman–Crippen MR) is 86.1 cm³/mol. The van der Waals surface area contributed by atoms with Gasteiger partial charge in [0.25, 0.3) is 0 Å². The van der Waals surface area contributed by atoms with Crippen LogP contribution in [0.1, 0.15) is 27.7 Å². The van der Waals surface area contributed by atoms with E-state index < -0.39 is 0 Å². The molecule has 0 saturated heterocycles. The molecule has 98 valence electrons. The molecular formula is C16H23NS. The minimum Gasteiger partial charge on any atom is -0.405 e. The van der Waals surface area contributed by atoms with E-state index in [1.165, 1.54) is 22.3 Å². The maximum absolute atomic E-state index is 5.35. The van der Waals surface area contributed by atoms with Gasteiger partial charge in [0.1, 0.15) is 0 Å². The van der Waals surface area contributed by atoms with Gasteiger partial charge in [-0.15, -0.1) is 11.8 Å². The number of thioether (sulfide) groups is 1. The van der Waals surface area contributed by atoms with Crippen LogP contribution in [0.15, 0.2) is 70.2 Å².